The number of nitrogens with zero attached hydrogens (tertiary/aromatic N) is 12. The van der Waals surface area contributed by atoms with E-state index in [2.05, 4.69) is 351 Å². The minimum absolute atomic E-state index is 0. The zero-order chi connectivity index (χ0) is 76.9. The van der Waals surface area contributed by atoms with Gasteiger partial charge in [0.1, 0.15) is 24.3 Å². The average molecular weight is 1860 g/mol. The van der Waals surface area contributed by atoms with Crippen LogP contribution in [0.3, 0.4) is 0 Å². The van der Waals surface area contributed by atoms with Gasteiger partial charge >= 0.3 is 42.1 Å². The number of hydrogen-bond acceptors (Lipinski definition) is 8. The maximum absolute atomic E-state index is 5.31. The summed E-state index contributed by atoms with van der Waals surface area (Å²) in [6.07, 6.45) is 24.4. The van der Waals surface area contributed by atoms with Gasteiger partial charge in [-0.1, -0.05) is 181 Å². The standard InChI is InChI=1S/C45H42N6.C45H40N6.C8H12.2CH3.2Pt/c2*1-27-21-37(48-39(23-27)50-25-46-43-33(17-11-19-35(43)50)41-29(3)13-9-14-30(41)4)45(7,8)38-22-28(2)24-40(49-38)51-26-47-44-34(18-12-20-36(44)51)42-31(5)15-10-16-32(42)6;1-2-4-6-8-7-5-3-1;;;;/h9-26H,1-8H3;9-24H,1-8H3;1-2,7-8H,3-6H2;2*1H3;;/q;-2;;2*-1;2*+2/b;;2-1-,8-7?;;;;. The first-order chi connectivity index (χ1) is 53.0. The summed E-state index contributed by atoms with van der Waals surface area (Å²) in [6, 6.07) is 68.3. The maximum atomic E-state index is 5.31. The molecule has 8 aromatic heterocycles. The smallest absolute Gasteiger partial charge is 0.411 e. The van der Waals surface area contributed by atoms with Crippen molar-refractivity contribution in [2.45, 2.75) is 147 Å². The van der Waals surface area contributed by atoms with Crippen molar-refractivity contribution in [2.75, 3.05) is 0 Å². The maximum Gasteiger partial charge on any atom is 2.00 e. The molecule has 0 saturated heterocycles. The van der Waals surface area contributed by atoms with Crippen LogP contribution < -0.4 is 0 Å². The van der Waals surface area contributed by atoms with Crippen molar-refractivity contribution in [1.82, 2.24) is 58.1 Å². The molecule has 0 radical (unpaired) electrons. The first-order valence-corrected chi connectivity index (χ1v) is 38.3. The van der Waals surface area contributed by atoms with Crippen LogP contribution in [0.5, 0.6) is 0 Å². The molecule has 17 rings (SSSR count). The second kappa shape index (κ2) is 34.8. The zero-order valence-corrected chi connectivity index (χ0v) is 73.3. The second-order valence-electron chi connectivity index (χ2n) is 31.0. The van der Waals surface area contributed by atoms with Crippen molar-refractivity contribution in [3.8, 4) is 67.8 Å². The molecule has 1 aliphatic carbocycles. The summed E-state index contributed by atoms with van der Waals surface area (Å²) < 4.78 is 8.18. The third kappa shape index (κ3) is 16.3. The van der Waals surface area contributed by atoms with E-state index in [0.29, 0.717) is 0 Å². The van der Waals surface area contributed by atoms with Gasteiger partial charge in [0.25, 0.3) is 0 Å². The minimum Gasteiger partial charge on any atom is -0.411 e. The van der Waals surface area contributed by atoms with Crippen LogP contribution >= 0.6 is 0 Å². The van der Waals surface area contributed by atoms with Gasteiger partial charge in [-0.2, -0.15) is 0 Å². The molecule has 0 unspecified atom stereocenters. The Labute approximate surface area is 702 Å². The van der Waals surface area contributed by atoms with E-state index in [9.17, 15) is 0 Å². The van der Waals surface area contributed by atoms with Crippen molar-refractivity contribution in [2.24, 2.45) is 0 Å². The molecule has 0 amide bonds. The topological polar surface area (TPSA) is 123 Å². The average Bonchev–Trinajstić information content (AvgIpc) is 1.50. The molecule has 8 aromatic carbocycles. The molecular weight excluding hydrogens is 1760 g/mol. The van der Waals surface area contributed by atoms with Crippen molar-refractivity contribution in [3.63, 3.8) is 0 Å². The van der Waals surface area contributed by atoms with E-state index in [4.69, 9.17) is 39.9 Å². The van der Waals surface area contributed by atoms with E-state index in [1.54, 1.807) is 0 Å². The molecule has 0 aliphatic heterocycles. The Morgan fingerprint density at radius 1 is 0.289 bits per heavy atom. The van der Waals surface area contributed by atoms with Crippen LogP contribution in [0.2, 0.25) is 0 Å². The van der Waals surface area contributed by atoms with Crippen LogP contribution in [0.1, 0.15) is 143 Å². The van der Waals surface area contributed by atoms with Gasteiger partial charge in [0.2, 0.25) is 0 Å². The van der Waals surface area contributed by atoms with Crippen LogP contribution in [-0.2, 0) is 53.0 Å². The Morgan fingerprint density at radius 3 is 0.807 bits per heavy atom. The van der Waals surface area contributed by atoms with Gasteiger partial charge < -0.3 is 34.0 Å². The monoisotopic (exact) mass is 1860 g/mol. The van der Waals surface area contributed by atoms with Crippen LogP contribution in [-0.4, -0.2) is 58.1 Å². The molecule has 0 atom stereocenters. The molecule has 14 heteroatoms. The Bertz CT molecular complexity index is 5460. The molecule has 580 valence electrons. The predicted octanol–water partition coefficient (Wildman–Crippen LogP) is 24.5. The SMILES string of the molecule is C1=CCC/C=C\CC1.Cc1cc(-n2[c-]nc3c(-c4c(C)cccc4C)cccc32)nc(C(C)(C)c2cc(C)cc(-n3[c-]nc4c(-c5c(C)cccc5C)cccc43)n2)c1.Cc1cc(-n2cnc3c(-c4c(C)cccc4C)cccc32)nc(C(C)(C)c2cc(C)cc(-n3cnc4c(-c5c(C)cccc5C)cccc43)n2)c1.[CH3-].[CH3-].[Pt+2].[Pt+2]. The molecule has 8 heterocycles. The molecule has 1 aliphatic rings. The van der Waals surface area contributed by atoms with Gasteiger partial charge in [-0.05, 0) is 296 Å². The Kier molecular flexibility index (Phi) is 25.7. The summed E-state index contributed by atoms with van der Waals surface area (Å²) in [6.45, 7) is 34.6. The largest absolute Gasteiger partial charge is 2.00 e. The summed E-state index contributed by atoms with van der Waals surface area (Å²) in [7, 11) is 0. The van der Waals surface area contributed by atoms with E-state index >= 15 is 0 Å². The fourth-order valence-electron chi connectivity index (χ4n) is 16.0. The van der Waals surface area contributed by atoms with E-state index in [0.717, 1.165) is 135 Å². The van der Waals surface area contributed by atoms with Gasteiger partial charge in [0.15, 0.2) is 0 Å². The summed E-state index contributed by atoms with van der Waals surface area (Å²) in [5.41, 5.74) is 34.2. The van der Waals surface area contributed by atoms with Crippen LogP contribution in [0.15, 0.2) is 231 Å². The third-order valence-electron chi connectivity index (χ3n) is 21.9. The fraction of sp³-hybridized carbons (Fsp3) is 0.220. The van der Waals surface area contributed by atoms with E-state index < -0.39 is 10.8 Å². The van der Waals surface area contributed by atoms with E-state index in [1.807, 2.05) is 21.8 Å². The quantitative estimate of drug-likeness (QED) is 0.0875. The number of hydrogen-bond donors (Lipinski definition) is 0. The summed E-state index contributed by atoms with van der Waals surface area (Å²) in [5, 5.41) is 0. The van der Waals surface area contributed by atoms with Crippen molar-refractivity contribution in [3.05, 3.63) is 348 Å². The van der Waals surface area contributed by atoms with Crippen LogP contribution in [0, 0.1) is 111 Å². The third-order valence-corrected chi connectivity index (χ3v) is 21.9. The van der Waals surface area contributed by atoms with Crippen molar-refractivity contribution >= 4 is 44.1 Å². The summed E-state index contributed by atoms with van der Waals surface area (Å²) in [5.74, 6) is 3.23. The number of pyridine rings is 4. The zero-order valence-electron chi connectivity index (χ0n) is 68.8. The van der Waals surface area contributed by atoms with Crippen molar-refractivity contribution in [1.29, 1.82) is 0 Å². The summed E-state index contributed by atoms with van der Waals surface area (Å²) in [4.78, 5) is 40.7. The molecule has 0 fully saturated rings. The number of allylic oxidation sites excluding steroid dienone is 4. The second-order valence-corrected chi connectivity index (χ2v) is 31.0. The fourth-order valence-corrected chi connectivity index (χ4v) is 16.0. The van der Waals surface area contributed by atoms with Gasteiger partial charge in [0, 0.05) is 46.0 Å². The number of para-hydroxylation sites is 4. The molecule has 16 aromatic rings. The number of fused-ring (bicyclic) bond motifs is 4. The number of rotatable bonds is 12. The Morgan fingerprint density at radius 2 is 0.526 bits per heavy atom. The normalized spacial score (nSPS) is 12.4. The molecule has 0 N–H and O–H groups in total. The first kappa shape index (κ1) is 84.0. The molecule has 0 spiro atoms. The number of benzene rings is 8. The first-order valence-electron chi connectivity index (χ1n) is 38.3. The number of aryl methyl sites for hydroxylation is 12. The molecule has 0 bridgehead atoms. The van der Waals surface area contributed by atoms with Gasteiger partial charge in [-0.25, -0.2) is 19.9 Å². The molecular formula is C100H100N12Pt2. The molecule has 12 nitrogen and oxygen atoms in total. The molecule has 0 saturated carbocycles. The van der Waals surface area contributed by atoms with E-state index in [1.165, 1.54) is 92.4 Å². The van der Waals surface area contributed by atoms with Gasteiger partial charge in [-0.15, -0.1) is 0 Å². The molecule has 114 heavy (non-hydrogen) atoms. The predicted molar refractivity (Wildman–Crippen MR) is 466 cm³/mol. The Balaban J connectivity index is 0.000000198. The van der Waals surface area contributed by atoms with Crippen LogP contribution in [0.25, 0.3) is 112 Å². The van der Waals surface area contributed by atoms with Crippen molar-refractivity contribution < 1.29 is 42.1 Å². The minimum atomic E-state index is -0.527. The number of imidazole rings is 4. The number of aromatic nitrogens is 12. The van der Waals surface area contributed by atoms with Gasteiger partial charge in [-0.3, -0.25) is 19.1 Å². The van der Waals surface area contributed by atoms with Gasteiger partial charge in [0.05, 0.1) is 45.1 Å². The summed E-state index contributed by atoms with van der Waals surface area (Å²) >= 11 is 0. The van der Waals surface area contributed by atoms with Crippen LogP contribution in [0.4, 0.5) is 0 Å². The Hall–Kier alpha value is -10.9. The van der Waals surface area contributed by atoms with E-state index in [-0.39, 0.29) is 57.0 Å².